The van der Waals surface area contributed by atoms with Crippen molar-refractivity contribution in [2.45, 2.75) is 26.8 Å². The van der Waals surface area contributed by atoms with E-state index in [4.69, 9.17) is 4.42 Å². The number of hydrogen-bond donors (Lipinski definition) is 0. The molecule has 0 bridgehead atoms. The zero-order chi connectivity index (χ0) is 14.1. The summed E-state index contributed by atoms with van der Waals surface area (Å²) >= 11 is 0. The van der Waals surface area contributed by atoms with Crippen LogP contribution in [0.1, 0.15) is 28.7 Å². The van der Waals surface area contributed by atoms with E-state index in [1.54, 1.807) is 6.07 Å². The number of fused-ring (bicyclic) bond motifs is 1. The van der Waals surface area contributed by atoms with Crippen LogP contribution in [-0.4, -0.2) is 15.6 Å². The summed E-state index contributed by atoms with van der Waals surface area (Å²) < 4.78 is 7.12. The fraction of sp³-hybridized carbons (Fsp3) is 0.250. The van der Waals surface area contributed by atoms with E-state index >= 15 is 0 Å². The summed E-state index contributed by atoms with van der Waals surface area (Å²) in [6.45, 7) is 4.67. The number of aromatic nitrogens is 2. The number of aryl methyl sites for hydroxylation is 2. The highest BCUT2D eigenvalue weighted by atomic mass is 16.3. The highest BCUT2D eigenvalue weighted by molar-refractivity contribution is 5.99. The van der Waals surface area contributed by atoms with Crippen LogP contribution in [0.5, 0.6) is 0 Å². The Morgan fingerprint density at radius 3 is 2.85 bits per heavy atom. The third kappa shape index (κ3) is 2.13. The number of ketones is 1. The molecule has 0 N–H and O–H groups in total. The Kier molecular flexibility index (Phi) is 3.14. The summed E-state index contributed by atoms with van der Waals surface area (Å²) in [5, 5.41) is 5.59. The summed E-state index contributed by atoms with van der Waals surface area (Å²) in [5.41, 5.74) is 2.50. The number of Topliss-reactive ketones (excluding diaryl/α,β-unsaturated/α-hetero) is 1. The standard InChI is InChI=1S/C16H16N2O2/c1-3-18-15-7-5-4-6-13(15)14(17-18)9-16(19)12-8-11(2)20-10-12/h4-8,10H,3,9H2,1-2H3. The van der Waals surface area contributed by atoms with Gasteiger partial charge in [-0.15, -0.1) is 0 Å². The number of para-hydroxylation sites is 1. The summed E-state index contributed by atoms with van der Waals surface area (Å²) in [6, 6.07) is 9.77. The van der Waals surface area contributed by atoms with Gasteiger partial charge in [-0.1, -0.05) is 18.2 Å². The van der Waals surface area contributed by atoms with Gasteiger partial charge < -0.3 is 4.42 Å². The lowest BCUT2D eigenvalue weighted by Crippen LogP contribution is -2.04. The molecule has 0 aliphatic rings. The van der Waals surface area contributed by atoms with Gasteiger partial charge in [0.2, 0.25) is 0 Å². The highest BCUT2D eigenvalue weighted by Crippen LogP contribution is 2.20. The molecule has 2 heterocycles. The molecule has 4 heteroatoms. The third-order valence-electron chi connectivity index (χ3n) is 3.41. The number of furan rings is 1. The van der Waals surface area contributed by atoms with Crippen LogP contribution in [0.3, 0.4) is 0 Å². The van der Waals surface area contributed by atoms with Crippen molar-refractivity contribution in [3.63, 3.8) is 0 Å². The smallest absolute Gasteiger partial charge is 0.172 e. The molecule has 0 unspecified atom stereocenters. The average Bonchev–Trinajstić information content (AvgIpc) is 3.03. The van der Waals surface area contributed by atoms with Crippen molar-refractivity contribution in [1.82, 2.24) is 9.78 Å². The minimum Gasteiger partial charge on any atom is -0.469 e. The number of rotatable bonds is 4. The molecule has 102 valence electrons. The molecule has 0 aliphatic heterocycles. The maximum atomic E-state index is 12.3. The van der Waals surface area contributed by atoms with Crippen LogP contribution in [0.2, 0.25) is 0 Å². The molecule has 3 rings (SSSR count). The predicted octanol–water partition coefficient (Wildman–Crippen LogP) is 3.38. The third-order valence-corrected chi connectivity index (χ3v) is 3.41. The molecular formula is C16H16N2O2. The van der Waals surface area contributed by atoms with Crippen LogP contribution < -0.4 is 0 Å². The molecular weight excluding hydrogens is 252 g/mol. The number of benzene rings is 1. The van der Waals surface area contributed by atoms with Gasteiger partial charge in [0.05, 0.1) is 23.2 Å². The first-order chi connectivity index (χ1) is 9.69. The maximum Gasteiger partial charge on any atom is 0.172 e. The molecule has 0 aliphatic carbocycles. The van der Waals surface area contributed by atoms with E-state index in [0.29, 0.717) is 12.0 Å². The van der Waals surface area contributed by atoms with Gasteiger partial charge >= 0.3 is 0 Å². The Morgan fingerprint density at radius 2 is 2.15 bits per heavy atom. The molecule has 20 heavy (non-hydrogen) atoms. The van der Waals surface area contributed by atoms with Crippen LogP contribution in [0.4, 0.5) is 0 Å². The fourth-order valence-corrected chi connectivity index (χ4v) is 2.41. The quantitative estimate of drug-likeness (QED) is 0.681. The van der Waals surface area contributed by atoms with Gasteiger partial charge in [0.15, 0.2) is 5.78 Å². The topological polar surface area (TPSA) is 48.0 Å². The molecule has 0 fully saturated rings. The molecule has 3 aromatic rings. The van der Waals surface area contributed by atoms with Crippen molar-refractivity contribution in [2.75, 3.05) is 0 Å². The Hall–Kier alpha value is -2.36. The average molecular weight is 268 g/mol. The van der Waals surface area contributed by atoms with E-state index in [0.717, 1.165) is 28.9 Å². The Labute approximate surface area is 117 Å². The first-order valence-electron chi connectivity index (χ1n) is 6.71. The van der Waals surface area contributed by atoms with Crippen molar-refractivity contribution < 1.29 is 9.21 Å². The van der Waals surface area contributed by atoms with Gasteiger partial charge in [0, 0.05) is 11.9 Å². The first-order valence-corrected chi connectivity index (χ1v) is 6.71. The summed E-state index contributed by atoms with van der Waals surface area (Å²) in [4.78, 5) is 12.3. The van der Waals surface area contributed by atoms with E-state index in [-0.39, 0.29) is 5.78 Å². The summed E-state index contributed by atoms with van der Waals surface area (Å²) in [5.74, 6) is 0.783. The molecule has 0 saturated heterocycles. The number of nitrogens with zero attached hydrogens (tertiary/aromatic N) is 2. The number of carbonyl (C=O) groups is 1. The fourth-order valence-electron chi connectivity index (χ4n) is 2.41. The second kappa shape index (κ2) is 4.96. The molecule has 2 aromatic heterocycles. The van der Waals surface area contributed by atoms with E-state index in [1.165, 1.54) is 6.26 Å². The lowest BCUT2D eigenvalue weighted by atomic mass is 10.1. The Balaban J connectivity index is 1.97. The van der Waals surface area contributed by atoms with Gasteiger partial charge in [-0.2, -0.15) is 5.10 Å². The lowest BCUT2D eigenvalue weighted by Gasteiger charge is -1.95. The van der Waals surface area contributed by atoms with Gasteiger partial charge in [0.1, 0.15) is 12.0 Å². The van der Waals surface area contributed by atoms with Crippen LogP contribution in [-0.2, 0) is 13.0 Å². The van der Waals surface area contributed by atoms with Crippen molar-refractivity contribution in [2.24, 2.45) is 0 Å². The van der Waals surface area contributed by atoms with E-state index < -0.39 is 0 Å². The SMILES string of the molecule is CCn1nc(CC(=O)c2coc(C)c2)c2ccccc21. The van der Waals surface area contributed by atoms with Crippen LogP contribution >= 0.6 is 0 Å². The van der Waals surface area contributed by atoms with Crippen molar-refractivity contribution in [1.29, 1.82) is 0 Å². The Bertz CT molecular complexity index is 768. The van der Waals surface area contributed by atoms with Crippen molar-refractivity contribution in [3.05, 3.63) is 53.6 Å². The molecule has 0 radical (unpaired) electrons. The molecule has 0 saturated carbocycles. The second-order valence-electron chi connectivity index (χ2n) is 4.83. The zero-order valence-electron chi connectivity index (χ0n) is 11.6. The number of hydrogen-bond acceptors (Lipinski definition) is 3. The predicted molar refractivity (Wildman–Crippen MR) is 76.9 cm³/mol. The first kappa shape index (κ1) is 12.7. The minimum absolute atomic E-state index is 0.0355. The van der Waals surface area contributed by atoms with Gasteiger partial charge in [0.25, 0.3) is 0 Å². The highest BCUT2D eigenvalue weighted by Gasteiger charge is 2.15. The zero-order valence-corrected chi connectivity index (χ0v) is 11.6. The van der Waals surface area contributed by atoms with Gasteiger partial charge in [-0.05, 0) is 26.0 Å². The minimum atomic E-state index is 0.0355. The molecule has 4 nitrogen and oxygen atoms in total. The Morgan fingerprint density at radius 1 is 1.35 bits per heavy atom. The second-order valence-corrected chi connectivity index (χ2v) is 4.83. The molecule has 0 amide bonds. The van der Waals surface area contributed by atoms with Crippen LogP contribution in [0.25, 0.3) is 10.9 Å². The van der Waals surface area contributed by atoms with E-state index in [1.807, 2.05) is 42.8 Å². The van der Waals surface area contributed by atoms with Gasteiger partial charge in [-0.3, -0.25) is 9.48 Å². The maximum absolute atomic E-state index is 12.3. The number of carbonyl (C=O) groups excluding carboxylic acids is 1. The molecule has 0 spiro atoms. The van der Waals surface area contributed by atoms with E-state index in [9.17, 15) is 4.79 Å². The van der Waals surface area contributed by atoms with Crippen LogP contribution in [0.15, 0.2) is 41.0 Å². The monoisotopic (exact) mass is 268 g/mol. The summed E-state index contributed by atoms with van der Waals surface area (Å²) in [6.07, 6.45) is 1.81. The molecule has 1 aromatic carbocycles. The normalized spacial score (nSPS) is 11.1. The van der Waals surface area contributed by atoms with Crippen molar-refractivity contribution >= 4 is 16.7 Å². The van der Waals surface area contributed by atoms with Crippen molar-refractivity contribution in [3.8, 4) is 0 Å². The summed E-state index contributed by atoms with van der Waals surface area (Å²) in [7, 11) is 0. The largest absolute Gasteiger partial charge is 0.469 e. The van der Waals surface area contributed by atoms with Crippen LogP contribution in [0, 0.1) is 6.92 Å². The molecule has 0 atom stereocenters. The lowest BCUT2D eigenvalue weighted by molar-refractivity contribution is 0.0991. The van der Waals surface area contributed by atoms with Gasteiger partial charge in [-0.25, -0.2) is 0 Å². The van der Waals surface area contributed by atoms with E-state index in [2.05, 4.69) is 5.10 Å².